The van der Waals surface area contributed by atoms with Crippen LogP contribution in [0.5, 0.6) is 0 Å². The van der Waals surface area contributed by atoms with E-state index in [1.54, 1.807) is 12.1 Å². The third-order valence-electron chi connectivity index (χ3n) is 3.13. The molecule has 0 aliphatic carbocycles. The van der Waals surface area contributed by atoms with Crippen LogP contribution >= 0.6 is 0 Å². The van der Waals surface area contributed by atoms with E-state index < -0.39 is 5.97 Å². The molecule has 0 saturated carbocycles. The minimum Gasteiger partial charge on any atom is -0.481 e. The standard InChI is InChI=1S/C14H15FN2O2/c1-9-14(10-4-3-5-11(15)8-10)16-12(17(9)2)6-7-13(18)19/h3-5,8H,6-7H2,1-2H3,(H,18,19). The largest absolute Gasteiger partial charge is 0.481 e. The average Bonchev–Trinajstić information content (AvgIpc) is 2.64. The number of rotatable bonds is 4. The zero-order valence-electron chi connectivity index (χ0n) is 10.9. The van der Waals surface area contributed by atoms with Crippen LogP contribution < -0.4 is 0 Å². The Kier molecular flexibility index (Phi) is 3.64. The first-order chi connectivity index (χ1) is 8.99. The topological polar surface area (TPSA) is 55.1 Å². The minimum absolute atomic E-state index is 0.0346. The van der Waals surface area contributed by atoms with Crippen molar-refractivity contribution in [2.75, 3.05) is 0 Å². The normalized spacial score (nSPS) is 10.7. The number of hydrogen-bond donors (Lipinski definition) is 1. The van der Waals surface area contributed by atoms with Gasteiger partial charge in [-0.15, -0.1) is 0 Å². The molecule has 0 aliphatic rings. The predicted molar refractivity (Wildman–Crippen MR) is 69.3 cm³/mol. The number of aryl methyl sites for hydroxylation is 1. The fourth-order valence-corrected chi connectivity index (χ4v) is 1.99. The van der Waals surface area contributed by atoms with Gasteiger partial charge < -0.3 is 9.67 Å². The van der Waals surface area contributed by atoms with Crippen molar-refractivity contribution < 1.29 is 14.3 Å². The number of hydrogen-bond acceptors (Lipinski definition) is 2. The molecule has 0 unspecified atom stereocenters. The molecule has 4 nitrogen and oxygen atoms in total. The van der Waals surface area contributed by atoms with E-state index in [0.717, 1.165) is 5.69 Å². The fourth-order valence-electron chi connectivity index (χ4n) is 1.99. The third-order valence-corrected chi connectivity index (χ3v) is 3.13. The van der Waals surface area contributed by atoms with Crippen LogP contribution in [0.25, 0.3) is 11.3 Å². The number of halogens is 1. The summed E-state index contributed by atoms with van der Waals surface area (Å²) >= 11 is 0. The molecule has 0 saturated heterocycles. The summed E-state index contributed by atoms with van der Waals surface area (Å²) < 4.78 is 15.1. The van der Waals surface area contributed by atoms with Crippen LogP contribution in [0.4, 0.5) is 4.39 Å². The van der Waals surface area contributed by atoms with E-state index >= 15 is 0 Å². The van der Waals surface area contributed by atoms with Crippen LogP contribution in [0.1, 0.15) is 17.9 Å². The second-order valence-electron chi connectivity index (χ2n) is 4.43. The van der Waals surface area contributed by atoms with Crippen LogP contribution in [0.15, 0.2) is 24.3 Å². The van der Waals surface area contributed by atoms with Gasteiger partial charge in [0.15, 0.2) is 0 Å². The molecule has 1 aromatic carbocycles. The molecule has 0 fully saturated rings. The molecule has 1 heterocycles. The summed E-state index contributed by atoms with van der Waals surface area (Å²) in [5, 5.41) is 8.71. The Morgan fingerprint density at radius 3 is 2.84 bits per heavy atom. The molecule has 0 aliphatic heterocycles. The molecule has 0 atom stereocenters. The molecule has 2 rings (SSSR count). The molecule has 1 N–H and O–H groups in total. The van der Waals surface area contributed by atoms with Crippen LogP contribution in [0.3, 0.4) is 0 Å². The Hall–Kier alpha value is -2.17. The summed E-state index contributed by atoms with van der Waals surface area (Å²) in [4.78, 5) is 15.0. The molecule has 0 spiro atoms. The Bertz CT molecular complexity index is 620. The van der Waals surface area contributed by atoms with Crippen molar-refractivity contribution in [3.05, 3.63) is 41.6 Å². The van der Waals surface area contributed by atoms with Crippen LogP contribution in [-0.4, -0.2) is 20.6 Å². The summed E-state index contributed by atoms with van der Waals surface area (Å²) in [5.41, 5.74) is 2.29. The number of aromatic nitrogens is 2. The fraction of sp³-hybridized carbons (Fsp3) is 0.286. The molecule has 1 aromatic heterocycles. The van der Waals surface area contributed by atoms with Crippen molar-refractivity contribution >= 4 is 5.97 Å². The summed E-state index contributed by atoms with van der Waals surface area (Å²) in [5.74, 6) is -0.471. The zero-order chi connectivity index (χ0) is 14.0. The van der Waals surface area contributed by atoms with Crippen LogP contribution in [-0.2, 0) is 18.3 Å². The summed E-state index contributed by atoms with van der Waals surface area (Å²) in [6.45, 7) is 1.89. The van der Waals surface area contributed by atoms with Gasteiger partial charge in [0.25, 0.3) is 0 Å². The Labute approximate surface area is 110 Å². The third kappa shape index (κ3) is 2.81. The minimum atomic E-state index is -0.854. The van der Waals surface area contributed by atoms with Crippen LogP contribution in [0.2, 0.25) is 0 Å². The van der Waals surface area contributed by atoms with Gasteiger partial charge in [0.1, 0.15) is 11.6 Å². The van der Waals surface area contributed by atoms with Gasteiger partial charge in [-0.25, -0.2) is 9.37 Å². The highest BCUT2D eigenvalue weighted by atomic mass is 19.1. The molecule has 19 heavy (non-hydrogen) atoms. The van der Waals surface area contributed by atoms with E-state index in [0.29, 0.717) is 23.5 Å². The number of carboxylic acids is 1. The van der Waals surface area contributed by atoms with Crippen molar-refractivity contribution in [1.82, 2.24) is 9.55 Å². The van der Waals surface area contributed by atoms with Crippen molar-refractivity contribution in [3.8, 4) is 11.3 Å². The lowest BCUT2D eigenvalue weighted by Gasteiger charge is -2.01. The van der Waals surface area contributed by atoms with Crippen molar-refractivity contribution in [2.45, 2.75) is 19.8 Å². The maximum Gasteiger partial charge on any atom is 0.303 e. The molecule has 0 bridgehead atoms. The van der Waals surface area contributed by atoms with Gasteiger partial charge in [0, 0.05) is 24.7 Å². The molecule has 5 heteroatoms. The lowest BCUT2D eigenvalue weighted by atomic mass is 10.1. The number of benzene rings is 1. The maximum absolute atomic E-state index is 13.2. The number of nitrogens with zero attached hydrogens (tertiary/aromatic N) is 2. The van der Waals surface area contributed by atoms with Gasteiger partial charge in [0.05, 0.1) is 12.1 Å². The van der Waals surface area contributed by atoms with E-state index in [4.69, 9.17) is 5.11 Å². The number of carboxylic acid groups (broad SMARTS) is 1. The van der Waals surface area contributed by atoms with E-state index in [-0.39, 0.29) is 12.2 Å². The highest BCUT2D eigenvalue weighted by Crippen LogP contribution is 2.24. The van der Waals surface area contributed by atoms with Gasteiger partial charge in [0.2, 0.25) is 0 Å². The zero-order valence-corrected chi connectivity index (χ0v) is 10.9. The van der Waals surface area contributed by atoms with Gasteiger partial charge in [-0.2, -0.15) is 0 Å². The monoisotopic (exact) mass is 262 g/mol. The number of imidazole rings is 1. The molecule has 100 valence electrons. The quantitative estimate of drug-likeness (QED) is 0.921. The molecule has 0 radical (unpaired) electrons. The smallest absolute Gasteiger partial charge is 0.303 e. The number of carbonyl (C=O) groups is 1. The van der Waals surface area contributed by atoms with Gasteiger partial charge in [-0.05, 0) is 19.1 Å². The Morgan fingerprint density at radius 2 is 2.21 bits per heavy atom. The average molecular weight is 262 g/mol. The maximum atomic E-state index is 13.2. The highest BCUT2D eigenvalue weighted by molar-refractivity contribution is 5.67. The second kappa shape index (κ2) is 5.22. The van der Waals surface area contributed by atoms with E-state index in [9.17, 15) is 9.18 Å². The second-order valence-corrected chi connectivity index (χ2v) is 4.43. The Balaban J connectivity index is 2.37. The molecular weight excluding hydrogens is 247 g/mol. The van der Waals surface area contributed by atoms with Crippen molar-refractivity contribution in [2.24, 2.45) is 7.05 Å². The van der Waals surface area contributed by atoms with E-state index in [1.807, 2.05) is 18.5 Å². The highest BCUT2D eigenvalue weighted by Gasteiger charge is 2.14. The van der Waals surface area contributed by atoms with Gasteiger partial charge in [-0.3, -0.25) is 4.79 Å². The van der Waals surface area contributed by atoms with Gasteiger partial charge in [-0.1, -0.05) is 12.1 Å². The predicted octanol–water partition coefficient (Wildman–Crippen LogP) is 2.55. The summed E-state index contributed by atoms with van der Waals surface area (Å²) in [6.07, 6.45) is 0.398. The van der Waals surface area contributed by atoms with Crippen molar-refractivity contribution in [3.63, 3.8) is 0 Å². The first-order valence-electron chi connectivity index (χ1n) is 5.99. The van der Waals surface area contributed by atoms with E-state index in [1.165, 1.54) is 12.1 Å². The van der Waals surface area contributed by atoms with E-state index in [2.05, 4.69) is 4.98 Å². The SMILES string of the molecule is Cc1c(-c2cccc(F)c2)nc(CCC(=O)O)n1C. The number of aliphatic carboxylic acids is 1. The van der Waals surface area contributed by atoms with Crippen LogP contribution in [0, 0.1) is 12.7 Å². The molecule has 0 amide bonds. The Morgan fingerprint density at radius 1 is 1.47 bits per heavy atom. The van der Waals surface area contributed by atoms with Gasteiger partial charge >= 0.3 is 5.97 Å². The summed E-state index contributed by atoms with van der Waals surface area (Å²) in [6, 6.07) is 6.23. The van der Waals surface area contributed by atoms with Crippen molar-refractivity contribution in [1.29, 1.82) is 0 Å². The summed E-state index contributed by atoms with van der Waals surface area (Å²) in [7, 11) is 1.84. The lowest BCUT2D eigenvalue weighted by Crippen LogP contribution is -2.03. The molecular formula is C14H15FN2O2. The molecule has 2 aromatic rings. The first kappa shape index (κ1) is 13.3. The first-order valence-corrected chi connectivity index (χ1v) is 5.99. The lowest BCUT2D eigenvalue weighted by molar-refractivity contribution is -0.137.